The summed E-state index contributed by atoms with van der Waals surface area (Å²) in [6.07, 6.45) is 0. The molecule has 1 aliphatic rings. The number of hydrogen-bond donors (Lipinski definition) is 0. The second-order valence-electron chi connectivity index (χ2n) is 4.25. The Morgan fingerprint density at radius 1 is 1.29 bits per heavy atom. The number of benzene rings is 1. The van der Waals surface area contributed by atoms with E-state index in [1.54, 1.807) is 13.0 Å². The molecule has 8 heteroatoms. The lowest BCUT2D eigenvalue weighted by Crippen LogP contribution is -2.37. The summed E-state index contributed by atoms with van der Waals surface area (Å²) >= 11 is 11.7. The van der Waals surface area contributed by atoms with Crippen molar-refractivity contribution in [3.8, 4) is 0 Å². The summed E-state index contributed by atoms with van der Waals surface area (Å²) in [6, 6.07) is 4.01. The fraction of sp³-hybridized carbons (Fsp3) is 0.308. The van der Waals surface area contributed by atoms with Crippen molar-refractivity contribution in [2.24, 2.45) is 0 Å². The third-order valence-corrected chi connectivity index (χ3v) is 3.60. The molecule has 0 aromatic heterocycles. The van der Waals surface area contributed by atoms with Gasteiger partial charge in [-0.3, -0.25) is 19.4 Å². The van der Waals surface area contributed by atoms with Gasteiger partial charge in [0.1, 0.15) is 13.1 Å². The summed E-state index contributed by atoms with van der Waals surface area (Å²) in [7, 11) is 0. The van der Waals surface area contributed by atoms with Gasteiger partial charge in [0.25, 0.3) is 5.91 Å². The molecule has 1 aromatic carbocycles. The van der Waals surface area contributed by atoms with Crippen molar-refractivity contribution in [1.29, 1.82) is 0 Å². The number of halogens is 2. The molecule has 0 bridgehead atoms. The third kappa shape index (κ3) is 3.28. The highest BCUT2D eigenvalue weighted by Gasteiger charge is 2.38. The van der Waals surface area contributed by atoms with E-state index in [0.29, 0.717) is 10.7 Å². The molecular weight excluding hydrogens is 319 g/mol. The standard InChI is InChI=1S/C13H12Cl2N2O4/c1-2-21-12(19)7-17-11(18)6-16(13(17)20)8-3-4-9(14)10(15)5-8/h3-5H,2,6-7H2,1H3. The molecule has 0 N–H and O–H groups in total. The number of rotatable bonds is 4. The zero-order valence-electron chi connectivity index (χ0n) is 11.1. The Hall–Kier alpha value is -1.79. The maximum absolute atomic E-state index is 12.2. The molecular formula is C13H12Cl2N2O4. The largest absolute Gasteiger partial charge is 0.465 e. The highest BCUT2D eigenvalue weighted by atomic mass is 35.5. The minimum Gasteiger partial charge on any atom is -0.465 e. The first-order valence-corrected chi connectivity index (χ1v) is 6.92. The Balaban J connectivity index is 2.17. The van der Waals surface area contributed by atoms with Crippen molar-refractivity contribution in [2.75, 3.05) is 24.6 Å². The average Bonchev–Trinajstić information content (AvgIpc) is 2.70. The summed E-state index contributed by atoms with van der Waals surface area (Å²) in [5, 5.41) is 0.625. The van der Waals surface area contributed by atoms with Gasteiger partial charge in [-0.2, -0.15) is 0 Å². The molecule has 0 saturated carbocycles. The zero-order valence-corrected chi connectivity index (χ0v) is 12.6. The number of imide groups is 1. The molecule has 2 rings (SSSR count). The summed E-state index contributed by atoms with van der Waals surface area (Å²) in [4.78, 5) is 37.5. The molecule has 0 unspecified atom stereocenters. The van der Waals surface area contributed by atoms with Gasteiger partial charge < -0.3 is 4.74 Å². The Labute approximate surface area is 131 Å². The summed E-state index contributed by atoms with van der Waals surface area (Å²) in [5.41, 5.74) is 0.439. The molecule has 0 spiro atoms. The van der Waals surface area contributed by atoms with Crippen LogP contribution in [0.2, 0.25) is 10.0 Å². The van der Waals surface area contributed by atoms with E-state index in [4.69, 9.17) is 27.9 Å². The number of urea groups is 1. The van der Waals surface area contributed by atoms with E-state index in [-0.39, 0.29) is 18.2 Å². The maximum atomic E-state index is 12.2. The second-order valence-corrected chi connectivity index (χ2v) is 5.07. The van der Waals surface area contributed by atoms with E-state index in [1.165, 1.54) is 17.0 Å². The first-order chi connectivity index (χ1) is 9.93. The van der Waals surface area contributed by atoms with Crippen molar-refractivity contribution < 1.29 is 19.1 Å². The van der Waals surface area contributed by atoms with Crippen LogP contribution < -0.4 is 4.90 Å². The number of esters is 1. The minimum absolute atomic E-state index is 0.157. The van der Waals surface area contributed by atoms with Gasteiger partial charge in [0.2, 0.25) is 0 Å². The Morgan fingerprint density at radius 3 is 2.62 bits per heavy atom. The summed E-state index contributed by atoms with van der Waals surface area (Å²) in [6.45, 7) is 1.28. The quantitative estimate of drug-likeness (QED) is 0.627. The topological polar surface area (TPSA) is 66.9 Å². The van der Waals surface area contributed by atoms with Crippen molar-refractivity contribution in [3.05, 3.63) is 28.2 Å². The first-order valence-electron chi connectivity index (χ1n) is 6.16. The smallest absolute Gasteiger partial charge is 0.332 e. The molecule has 1 aliphatic heterocycles. The predicted molar refractivity (Wildman–Crippen MR) is 77.6 cm³/mol. The monoisotopic (exact) mass is 330 g/mol. The molecule has 21 heavy (non-hydrogen) atoms. The van der Waals surface area contributed by atoms with E-state index in [2.05, 4.69) is 0 Å². The summed E-state index contributed by atoms with van der Waals surface area (Å²) in [5.74, 6) is -1.10. The van der Waals surface area contributed by atoms with Crippen molar-refractivity contribution in [3.63, 3.8) is 0 Å². The number of ether oxygens (including phenoxy) is 1. The van der Waals surface area contributed by atoms with E-state index < -0.39 is 24.5 Å². The van der Waals surface area contributed by atoms with Gasteiger partial charge in [0, 0.05) is 5.69 Å². The van der Waals surface area contributed by atoms with Gasteiger partial charge in [-0.25, -0.2) is 4.79 Å². The maximum Gasteiger partial charge on any atom is 0.332 e. The molecule has 0 radical (unpaired) electrons. The highest BCUT2D eigenvalue weighted by Crippen LogP contribution is 2.29. The van der Waals surface area contributed by atoms with Gasteiger partial charge in [0.05, 0.1) is 16.7 Å². The van der Waals surface area contributed by atoms with Crippen LogP contribution >= 0.6 is 23.2 Å². The lowest BCUT2D eigenvalue weighted by Gasteiger charge is -2.17. The Kier molecular flexibility index (Phi) is 4.69. The van der Waals surface area contributed by atoms with Crippen LogP contribution in [0.15, 0.2) is 18.2 Å². The lowest BCUT2D eigenvalue weighted by atomic mass is 10.3. The van der Waals surface area contributed by atoms with Crippen molar-refractivity contribution in [1.82, 2.24) is 4.90 Å². The number of carbonyl (C=O) groups is 3. The fourth-order valence-corrected chi connectivity index (χ4v) is 2.18. The normalized spacial score (nSPS) is 14.8. The van der Waals surface area contributed by atoms with Gasteiger partial charge in [-0.05, 0) is 25.1 Å². The number of amides is 3. The Morgan fingerprint density at radius 2 is 2.00 bits per heavy atom. The van der Waals surface area contributed by atoms with Crippen molar-refractivity contribution >= 4 is 46.8 Å². The number of hydrogen-bond acceptors (Lipinski definition) is 4. The summed E-state index contributed by atoms with van der Waals surface area (Å²) < 4.78 is 4.73. The average molecular weight is 331 g/mol. The molecule has 0 atom stereocenters. The van der Waals surface area contributed by atoms with Crippen LogP contribution in [0, 0.1) is 0 Å². The highest BCUT2D eigenvalue weighted by molar-refractivity contribution is 6.42. The van der Waals surface area contributed by atoms with Gasteiger partial charge in [0.15, 0.2) is 0 Å². The second kappa shape index (κ2) is 6.32. The minimum atomic E-state index is -0.629. The molecule has 6 nitrogen and oxygen atoms in total. The van der Waals surface area contributed by atoms with Crippen LogP contribution in [0.5, 0.6) is 0 Å². The predicted octanol–water partition coefficient (Wildman–Crippen LogP) is 2.33. The Bertz CT molecular complexity index is 606. The van der Waals surface area contributed by atoms with Gasteiger partial charge in [-0.1, -0.05) is 23.2 Å². The SMILES string of the molecule is CCOC(=O)CN1C(=O)CN(c2ccc(Cl)c(Cl)c2)C1=O. The third-order valence-electron chi connectivity index (χ3n) is 2.86. The zero-order chi connectivity index (χ0) is 15.6. The molecule has 3 amide bonds. The number of carbonyl (C=O) groups excluding carboxylic acids is 3. The first kappa shape index (κ1) is 15.6. The van der Waals surface area contributed by atoms with Crippen LogP contribution in [-0.4, -0.2) is 42.5 Å². The van der Waals surface area contributed by atoms with Crippen LogP contribution in [0.1, 0.15) is 6.92 Å². The fourth-order valence-electron chi connectivity index (χ4n) is 1.89. The van der Waals surface area contributed by atoms with E-state index >= 15 is 0 Å². The molecule has 1 saturated heterocycles. The molecule has 1 heterocycles. The molecule has 1 fully saturated rings. The number of anilines is 1. The molecule has 112 valence electrons. The van der Waals surface area contributed by atoms with Crippen LogP contribution in [0.3, 0.4) is 0 Å². The van der Waals surface area contributed by atoms with E-state index in [1.807, 2.05) is 0 Å². The van der Waals surface area contributed by atoms with E-state index in [9.17, 15) is 14.4 Å². The lowest BCUT2D eigenvalue weighted by molar-refractivity contribution is -0.146. The van der Waals surface area contributed by atoms with Crippen molar-refractivity contribution in [2.45, 2.75) is 6.92 Å². The molecule has 1 aromatic rings. The number of nitrogens with zero attached hydrogens (tertiary/aromatic N) is 2. The molecule has 0 aliphatic carbocycles. The van der Waals surface area contributed by atoms with Crippen LogP contribution in [-0.2, 0) is 14.3 Å². The van der Waals surface area contributed by atoms with Crippen LogP contribution in [0.4, 0.5) is 10.5 Å². The van der Waals surface area contributed by atoms with Crippen LogP contribution in [0.25, 0.3) is 0 Å². The van der Waals surface area contributed by atoms with E-state index in [0.717, 1.165) is 4.90 Å². The van der Waals surface area contributed by atoms with Gasteiger partial charge >= 0.3 is 12.0 Å². The van der Waals surface area contributed by atoms with Gasteiger partial charge in [-0.15, -0.1) is 0 Å².